The van der Waals surface area contributed by atoms with Crippen molar-refractivity contribution >= 4 is 15.5 Å². The smallest absolute Gasteiger partial charge is 0.154 e. The van der Waals surface area contributed by atoms with Gasteiger partial charge in [0.05, 0.1) is 17.6 Å². The van der Waals surface area contributed by atoms with Gasteiger partial charge in [0.25, 0.3) is 0 Å². The van der Waals surface area contributed by atoms with E-state index in [0.29, 0.717) is 13.2 Å². The molecule has 0 radical (unpaired) electrons. The molecule has 4 nitrogen and oxygen atoms in total. The minimum absolute atomic E-state index is 0.152. The Morgan fingerprint density at radius 3 is 2.37 bits per heavy atom. The second-order valence-corrected chi connectivity index (χ2v) is 7.39. The molecule has 0 aromatic heterocycles. The molecule has 1 rings (SSSR count). The molecule has 19 heavy (non-hydrogen) atoms. The third-order valence-electron chi connectivity index (χ3n) is 2.76. The van der Waals surface area contributed by atoms with Crippen LogP contribution < -0.4 is 10.1 Å². The van der Waals surface area contributed by atoms with E-state index in [1.165, 1.54) is 0 Å². The zero-order valence-electron chi connectivity index (χ0n) is 11.8. The van der Waals surface area contributed by atoms with Crippen LogP contribution in [-0.4, -0.2) is 32.6 Å². The summed E-state index contributed by atoms with van der Waals surface area (Å²) in [5.74, 6) is 0.987. The van der Waals surface area contributed by atoms with E-state index in [0.717, 1.165) is 17.9 Å². The molecule has 0 spiro atoms. The molecule has 0 heterocycles. The Labute approximate surface area is 116 Å². The average Bonchev–Trinajstić information content (AvgIpc) is 2.37. The minimum atomic E-state index is -2.98. The van der Waals surface area contributed by atoms with Crippen molar-refractivity contribution in [3.8, 4) is 5.75 Å². The van der Waals surface area contributed by atoms with Crippen LogP contribution in [0.4, 0.5) is 5.69 Å². The van der Waals surface area contributed by atoms with E-state index >= 15 is 0 Å². The Balaban J connectivity index is 2.42. The van der Waals surface area contributed by atoms with Crippen molar-refractivity contribution < 1.29 is 13.2 Å². The van der Waals surface area contributed by atoms with Crippen LogP contribution in [-0.2, 0) is 9.84 Å². The highest BCUT2D eigenvalue weighted by atomic mass is 32.2. The van der Waals surface area contributed by atoms with Crippen LogP contribution in [0.15, 0.2) is 24.3 Å². The van der Waals surface area contributed by atoms with E-state index in [1.807, 2.05) is 24.3 Å². The fourth-order valence-corrected chi connectivity index (χ4v) is 2.32. The number of sulfone groups is 1. The SMILES string of the molecule is CCCOc1ccc(NCCS(=O)(=O)C(C)C)cc1. The van der Waals surface area contributed by atoms with Gasteiger partial charge < -0.3 is 10.1 Å². The Morgan fingerprint density at radius 1 is 1.21 bits per heavy atom. The third-order valence-corrected chi connectivity index (χ3v) is 4.97. The van der Waals surface area contributed by atoms with Gasteiger partial charge in [-0.25, -0.2) is 8.42 Å². The molecule has 0 aliphatic rings. The maximum Gasteiger partial charge on any atom is 0.154 e. The second-order valence-electron chi connectivity index (χ2n) is 4.72. The Morgan fingerprint density at radius 2 is 1.84 bits per heavy atom. The Hall–Kier alpha value is -1.23. The zero-order valence-corrected chi connectivity index (χ0v) is 12.7. The molecule has 0 bridgehead atoms. The van der Waals surface area contributed by atoms with Gasteiger partial charge in [0.2, 0.25) is 0 Å². The summed E-state index contributed by atoms with van der Waals surface area (Å²) in [4.78, 5) is 0. The van der Waals surface area contributed by atoms with Crippen LogP contribution in [0.1, 0.15) is 27.2 Å². The molecule has 1 aromatic carbocycles. The van der Waals surface area contributed by atoms with Gasteiger partial charge >= 0.3 is 0 Å². The summed E-state index contributed by atoms with van der Waals surface area (Å²) in [6.45, 7) is 6.60. The average molecular weight is 285 g/mol. The van der Waals surface area contributed by atoms with Crippen LogP contribution in [0.2, 0.25) is 0 Å². The van der Waals surface area contributed by atoms with Gasteiger partial charge in [-0.2, -0.15) is 0 Å². The van der Waals surface area contributed by atoms with Gasteiger partial charge in [0.15, 0.2) is 9.84 Å². The predicted molar refractivity (Wildman–Crippen MR) is 79.6 cm³/mol. The first-order valence-corrected chi connectivity index (χ1v) is 8.35. The number of ether oxygens (including phenoxy) is 1. The van der Waals surface area contributed by atoms with Crippen LogP contribution >= 0.6 is 0 Å². The molecule has 108 valence electrons. The van der Waals surface area contributed by atoms with Crippen LogP contribution in [0, 0.1) is 0 Å². The van der Waals surface area contributed by atoms with Crippen LogP contribution in [0.3, 0.4) is 0 Å². The highest BCUT2D eigenvalue weighted by Crippen LogP contribution is 2.15. The molecule has 1 aromatic rings. The molecule has 5 heteroatoms. The van der Waals surface area contributed by atoms with Gasteiger partial charge in [-0.1, -0.05) is 6.92 Å². The highest BCUT2D eigenvalue weighted by molar-refractivity contribution is 7.92. The van der Waals surface area contributed by atoms with E-state index < -0.39 is 9.84 Å². The number of benzene rings is 1. The molecule has 0 saturated carbocycles. The Bertz CT molecular complexity index is 466. The van der Waals surface area contributed by atoms with Gasteiger partial charge in [-0.05, 0) is 44.5 Å². The van der Waals surface area contributed by atoms with Crippen LogP contribution in [0.5, 0.6) is 5.75 Å². The largest absolute Gasteiger partial charge is 0.494 e. The summed E-state index contributed by atoms with van der Waals surface area (Å²) in [5.41, 5.74) is 0.905. The predicted octanol–water partition coefficient (Wildman–Crippen LogP) is 2.71. The maximum atomic E-state index is 11.6. The van der Waals surface area contributed by atoms with Crippen molar-refractivity contribution in [3.63, 3.8) is 0 Å². The number of hydrogen-bond donors (Lipinski definition) is 1. The van der Waals surface area contributed by atoms with E-state index in [4.69, 9.17) is 4.74 Å². The van der Waals surface area contributed by atoms with Crippen molar-refractivity contribution in [2.45, 2.75) is 32.4 Å². The van der Waals surface area contributed by atoms with E-state index in [1.54, 1.807) is 13.8 Å². The maximum absolute atomic E-state index is 11.6. The second kappa shape index (κ2) is 7.38. The van der Waals surface area contributed by atoms with E-state index in [2.05, 4.69) is 12.2 Å². The molecule has 0 unspecified atom stereocenters. The molecule has 0 atom stereocenters. The standard InChI is InChI=1S/C14H23NO3S/c1-4-10-18-14-7-5-13(6-8-14)15-9-11-19(16,17)12(2)3/h5-8,12,15H,4,9-11H2,1-3H3. The van der Waals surface area contributed by atoms with Crippen molar-refractivity contribution in [3.05, 3.63) is 24.3 Å². The van der Waals surface area contributed by atoms with Gasteiger partial charge in [0.1, 0.15) is 5.75 Å². The topological polar surface area (TPSA) is 55.4 Å². The highest BCUT2D eigenvalue weighted by Gasteiger charge is 2.14. The van der Waals surface area contributed by atoms with E-state index in [9.17, 15) is 8.42 Å². The lowest BCUT2D eigenvalue weighted by molar-refractivity contribution is 0.317. The van der Waals surface area contributed by atoms with Gasteiger partial charge in [-0.3, -0.25) is 0 Å². The Kier molecular flexibility index (Phi) is 6.15. The fraction of sp³-hybridized carbons (Fsp3) is 0.571. The quantitative estimate of drug-likeness (QED) is 0.798. The molecule has 0 amide bonds. The molecule has 0 aliphatic carbocycles. The summed E-state index contributed by atoms with van der Waals surface area (Å²) >= 11 is 0. The molecule has 1 N–H and O–H groups in total. The van der Waals surface area contributed by atoms with Crippen molar-refractivity contribution in [2.75, 3.05) is 24.2 Å². The van der Waals surface area contributed by atoms with Gasteiger partial charge in [0, 0.05) is 12.2 Å². The number of anilines is 1. The molecule has 0 fully saturated rings. The number of rotatable bonds is 8. The molecule has 0 aliphatic heterocycles. The van der Waals surface area contributed by atoms with E-state index in [-0.39, 0.29) is 11.0 Å². The first kappa shape index (κ1) is 15.8. The zero-order chi connectivity index (χ0) is 14.3. The fourth-order valence-electron chi connectivity index (χ4n) is 1.46. The third kappa shape index (κ3) is 5.51. The number of hydrogen-bond acceptors (Lipinski definition) is 4. The normalized spacial score (nSPS) is 11.6. The lowest BCUT2D eigenvalue weighted by Crippen LogP contribution is -2.22. The van der Waals surface area contributed by atoms with Crippen molar-refractivity contribution in [2.24, 2.45) is 0 Å². The van der Waals surface area contributed by atoms with Gasteiger partial charge in [-0.15, -0.1) is 0 Å². The monoisotopic (exact) mass is 285 g/mol. The summed E-state index contributed by atoms with van der Waals surface area (Å²) in [5, 5.41) is 2.78. The number of nitrogens with one attached hydrogen (secondary N) is 1. The summed E-state index contributed by atoms with van der Waals surface area (Å²) in [7, 11) is -2.98. The molecular weight excluding hydrogens is 262 g/mol. The van der Waals surface area contributed by atoms with Crippen molar-refractivity contribution in [1.82, 2.24) is 0 Å². The lowest BCUT2D eigenvalue weighted by Gasteiger charge is -2.10. The molecular formula is C14H23NO3S. The first-order chi connectivity index (χ1) is 8.95. The summed E-state index contributed by atoms with van der Waals surface area (Å²) in [6.07, 6.45) is 0.979. The summed E-state index contributed by atoms with van der Waals surface area (Å²) in [6, 6.07) is 7.56. The summed E-state index contributed by atoms with van der Waals surface area (Å²) < 4.78 is 28.7. The van der Waals surface area contributed by atoms with Crippen molar-refractivity contribution in [1.29, 1.82) is 0 Å². The minimum Gasteiger partial charge on any atom is -0.494 e. The lowest BCUT2D eigenvalue weighted by atomic mass is 10.3. The first-order valence-electron chi connectivity index (χ1n) is 6.64. The van der Waals surface area contributed by atoms with Crippen LogP contribution in [0.25, 0.3) is 0 Å². The molecule has 0 saturated heterocycles.